The molecular weight excluding hydrogens is 258 g/mol. The van der Waals surface area contributed by atoms with E-state index in [4.69, 9.17) is 22.1 Å². The highest BCUT2D eigenvalue weighted by Crippen LogP contribution is 2.31. The van der Waals surface area contributed by atoms with Gasteiger partial charge in [0.15, 0.2) is 0 Å². The molecule has 0 aliphatic heterocycles. The second-order valence-electron chi connectivity index (χ2n) is 4.49. The zero-order valence-electron chi connectivity index (χ0n) is 11.2. The topological polar surface area (TPSA) is 35.2 Å². The van der Waals surface area contributed by atoms with Crippen molar-refractivity contribution < 1.29 is 4.74 Å². The molecule has 2 rings (SSSR count). The molecule has 3 heteroatoms. The number of nitrogens with two attached hydrogens (primary N) is 1. The molecule has 2 N–H and O–H groups in total. The predicted octanol–water partition coefficient (Wildman–Crippen LogP) is 4.43. The van der Waals surface area contributed by atoms with Gasteiger partial charge in [-0.2, -0.15) is 0 Å². The minimum Gasteiger partial charge on any atom is -0.495 e. The molecule has 0 saturated carbocycles. The van der Waals surface area contributed by atoms with E-state index >= 15 is 0 Å². The molecule has 0 aromatic heterocycles. The Morgan fingerprint density at radius 1 is 1.16 bits per heavy atom. The van der Waals surface area contributed by atoms with Crippen molar-refractivity contribution in [2.24, 2.45) is 5.73 Å². The molecule has 0 saturated heterocycles. The van der Waals surface area contributed by atoms with E-state index in [2.05, 4.69) is 25.1 Å². The van der Waals surface area contributed by atoms with Crippen molar-refractivity contribution >= 4 is 11.6 Å². The van der Waals surface area contributed by atoms with Crippen LogP contribution < -0.4 is 10.5 Å². The van der Waals surface area contributed by atoms with Gasteiger partial charge in [-0.1, -0.05) is 42.8 Å². The van der Waals surface area contributed by atoms with Gasteiger partial charge in [-0.05, 0) is 41.3 Å². The van der Waals surface area contributed by atoms with E-state index in [1.54, 1.807) is 7.11 Å². The third-order valence-electron chi connectivity index (χ3n) is 3.24. The molecule has 0 amide bonds. The number of methoxy groups -OCH3 is 1. The van der Waals surface area contributed by atoms with E-state index in [1.807, 2.05) is 24.3 Å². The first kappa shape index (κ1) is 13.9. The number of hydrogen-bond acceptors (Lipinski definition) is 2. The molecule has 2 aromatic rings. The van der Waals surface area contributed by atoms with Crippen LogP contribution in [0.4, 0.5) is 0 Å². The van der Waals surface area contributed by atoms with Gasteiger partial charge >= 0.3 is 0 Å². The summed E-state index contributed by atoms with van der Waals surface area (Å²) in [7, 11) is 1.62. The molecule has 2 aromatic carbocycles. The normalized spacial score (nSPS) is 12.2. The fraction of sp³-hybridized carbons (Fsp3) is 0.250. The van der Waals surface area contributed by atoms with Crippen LogP contribution >= 0.6 is 11.6 Å². The minimum absolute atomic E-state index is 0.0779. The molecule has 0 spiro atoms. The van der Waals surface area contributed by atoms with E-state index in [0.29, 0.717) is 10.8 Å². The van der Waals surface area contributed by atoms with Crippen LogP contribution in [0, 0.1) is 0 Å². The monoisotopic (exact) mass is 275 g/mol. The maximum Gasteiger partial charge on any atom is 0.138 e. The molecule has 2 nitrogen and oxygen atoms in total. The van der Waals surface area contributed by atoms with Gasteiger partial charge in [-0.25, -0.2) is 0 Å². The van der Waals surface area contributed by atoms with Gasteiger partial charge in [0.25, 0.3) is 0 Å². The highest BCUT2D eigenvalue weighted by molar-refractivity contribution is 6.32. The summed E-state index contributed by atoms with van der Waals surface area (Å²) in [6, 6.07) is 14.1. The summed E-state index contributed by atoms with van der Waals surface area (Å²) >= 11 is 6.04. The van der Waals surface area contributed by atoms with Gasteiger partial charge in [-0.3, -0.25) is 0 Å². The molecule has 1 unspecified atom stereocenters. The third-order valence-corrected chi connectivity index (χ3v) is 3.55. The van der Waals surface area contributed by atoms with Gasteiger partial charge in [0.1, 0.15) is 5.75 Å². The number of benzene rings is 2. The SMILES string of the molecule is CCC(N)c1cccc(-c2ccc(Cl)c(OC)c2)c1. The number of halogens is 1. The molecule has 0 heterocycles. The Bertz CT molecular complexity index is 568. The largest absolute Gasteiger partial charge is 0.495 e. The van der Waals surface area contributed by atoms with E-state index in [1.165, 1.54) is 0 Å². The molecule has 0 aliphatic carbocycles. The van der Waals surface area contributed by atoms with Gasteiger partial charge in [0.2, 0.25) is 0 Å². The number of ether oxygens (including phenoxy) is 1. The van der Waals surface area contributed by atoms with Gasteiger partial charge in [0, 0.05) is 6.04 Å². The van der Waals surface area contributed by atoms with Gasteiger partial charge in [0.05, 0.1) is 12.1 Å². The molecule has 19 heavy (non-hydrogen) atoms. The summed E-state index contributed by atoms with van der Waals surface area (Å²) < 4.78 is 5.25. The van der Waals surface area contributed by atoms with Crippen molar-refractivity contribution in [3.05, 3.63) is 53.1 Å². The summed E-state index contributed by atoms with van der Waals surface area (Å²) in [6.07, 6.45) is 0.924. The van der Waals surface area contributed by atoms with E-state index in [9.17, 15) is 0 Å². The van der Waals surface area contributed by atoms with Crippen LogP contribution in [0.1, 0.15) is 24.9 Å². The van der Waals surface area contributed by atoms with Crippen LogP contribution in [0.5, 0.6) is 5.75 Å². The molecule has 1 atom stereocenters. The van der Waals surface area contributed by atoms with Crippen molar-refractivity contribution in [1.29, 1.82) is 0 Å². The van der Waals surface area contributed by atoms with E-state index in [-0.39, 0.29) is 6.04 Å². The average molecular weight is 276 g/mol. The molecule has 0 fully saturated rings. The van der Waals surface area contributed by atoms with Crippen molar-refractivity contribution in [1.82, 2.24) is 0 Å². The van der Waals surface area contributed by atoms with Crippen molar-refractivity contribution in [2.75, 3.05) is 7.11 Å². The maximum absolute atomic E-state index is 6.08. The standard InChI is InChI=1S/C16H18ClNO/c1-3-15(18)13-6-4-5-11(9-13)12-7-8-14(17)16(10-12)19-2/h4-10,15H,3,18H2,1-2H3. The van der Waals surface area contributed by atoms with E-state index < -0.39 is 0 Å². The Labute approximate surface area is 119 Å². The van der Waals surface area contributed by atoms with Crippen molar-refractivity contribution in [3.63, 3.8) is 0 Å². The average Bonchev–Trinajstić information content (AvgIpc) is 2.47. The Morgan fingerprint density at radius 2 is 1.89 bits per heavy atom. The Kier molecular flexibility index (Phi) is 4.46. The lowest BCUT2D eigenvalue weighted by molar-refractivity contribution is 0.415. The Morgan fingerprint density at radius 3 is 2.58 bits per heavy atom. The minimum atomic E-state index is 0.0779. The lowest BCUT2D eigenvalue weighted by Gasteiger charge is -2.12. The fourth-order valence-corrected chi connectivity index (χ4v) is 2.22. The first-order chi connectivity index (χ1) is 9.15. The highest BCUT2D eigenvalue weighted by atomic mass is 35.5. The van der Waals surface area contributed by atoms with Crippen LogP contribution in [0.15, 0.2) is 42.5 Å². The molecule has 100 valence electrons. The van der Waals surface area contributed by atoms with E-state index in [0.717, 1.165) is 23.1 Å². The first-order valence-electron chi connectivity index (χ1n) is 6.35. The molecular formula is C16H18ClNO. The molecule has 0 bridgehead atoms. The summed E-state index contributed by atoms with van der Waals surface area (Å²) in [5.74, 6) is 0.685. The van der Waals surface area contributed by atoms with Gasteiger partial charge < -0.3 is 10.5 Å². The van der Waals surface area contributed by atoms with Crippen LogP contribution in [0.2, 0.25) is 5.02 Å². The third kappa shape index (κ3) is 3.09. The smallest absolute Gasteiger partial charge is 0.138 e. The maximum atomic E-state index is 6.08. The second-order valence-corrected chi connectivity index (χ2v) is 4.90. The lowest BCUT2D eigenvalue weighted by atomic mass is 9.98. The quantitative estimate of drug-likeness (QED) is 0.896. The summed E-state index contributed by atoms with van der Waals surface area (Å²) in [6.45, 7) is 2.09. The first-order valence-corrected chi connectivity index (χ1v) is 6.73. The van der Waals surface area contributed by atoms with Crippen LogP contribution in [-0.4, -0.2) is 7.11 Å². The van der Waals surface area contributed by atoms with Crippen LogP contribution in [-0.2, 0) is 0 Å². The van der Waals surface area contributed by atoms with Gasteiger partial charge in [-0.15, -0.1) is 0 Å². The summed E-state index contributed by atoms with van der Waals surface area (Å²) in [4.78, 5) is 0. The Hall–Kier alpha value is -1.51. The highest BCUT2D eigenvalue weighted by Gasteiger charge is 2.07. The van der Waals surface area contributed by atoms with Crippen molar-refractivity contribution in [2.45, 2.75) is 19.4 Å². The Balaban J connectivity index is 2.41. The zero-order chi connectivity index (χ0) is 13.8. The van der Waals surface area contributed by atoms with Crippen molar-refractivity contribution in [3.8, 4) is 16.9 Å². The lowest BCUT2D eigenvalue weighted by Crippen LogP contribution is -2.08. The zero-order valence-corrected chi connectivity index (χ0v) is 11.9. The number of hydrogen-bond donors (Lipinski definition) is 1. The summed E-state index contributed by atoms with van der Waals surface area (Å²) in [5.41, 5.74) is 9.42. The number of rotatable bonds is 4. The second kappa shape index (κ2) is 6.09. The molecule has 0 radical (unpaired) electrons. The predicted molar refractivity (Wildman–Crippen MR) is 80.7 cm³/mol. The summed E-state index contributed by atoms with van der Waals surface area (Å²) in [5, 5.41) is 0.618. The fourth-order valence-electron chi connectivity index (χ4n) is 2.02. The van der Waals surface area contributed by atoms with Crippen LogP contribution in [0.25, 0.3) is 11.1 Å². The van der Waals surface area contributed by atoms with Crippen LogP contribution in [0.3, 0.4) is 0 Å². The molecule has 0 aliphatic rings.